The molecule has 8 nitrogen and oxygen atoms in total. The lowest BCUT2D eigenvalue weighted by atomic mass is 10.1. The molecule has 172 valence electrons. The van der Waals surface area contributed by atoms with Crippen molar-refractivity contribution in [2.45, 2.75) is 44.8 Å². The first-order chi connectivity index (χ1) is 16.1. The van der Waals surface area contributed by atoms with Gasteiger partial charge in [-0.25, -0.2) is 15.0 Å². The van der Waals surface area contributed by atoms with E-state index in [0.29, 0.717) is 25.9 Å². The Hall–Kier alpha value is -3.04. The number of pyridine rings is 2. The van der Waals surface area contributed by atoms with Gasteiger partial charge in [0, 0.05) is 32.0 Å². The van der Waals surface area contributed by atoms with Gasteiger partial charge in [0.1, 0.15) is 17.7 Å². The molecule has 3 aromatic heterocycles. The number of carbonyl (C=O) groups is 1. The van der Waals surface area contributed by atoms with Crippen LogP contribution >= 0.6 is 11.3 Å². The van der Waals surface area contributed by atoms with Crippen LogP contribution in [0.2, 0.25) is 0 Å². The molecule has 0 bridgehead atoms. The van der Waals surface area contributed by atoms with Gasteiger partial charge in [0.25, 0.3) is 0 Å². The van der Waals surface area contributed by atoms with E-state index in [1.54, 1.807) is 17.5 Å². The predicted octanol–water partition coefficient (Wildman–Crippen LogP) is 3.60. The molecule has 2 fully saturated rings. The summed E-state index contributed by atoms with van der Waals surface area (Å²) in [6.07, 6.45) is 6.47. The number of carbonyl (C=O) groups excluding carboxylic acids is 1. The van der Waals surface area contributed by atoms with Crippen molar-refractivity contribution in [3.63, 3.8) is 0 Å². The number of anilines is 3. The summed E-state index contributed by atoms with van der Waals surface area (Å²) in [6.45, 7) is 4.12. The first-order valence-corrected chi connectivity index (χ1v) is 12.2. The Morgan fingerprint density at radius 3 is 2.79 bits per heavy atom. The number of likely N-dealkylation sites (tertiary alicyclic amines) is 1. The van der Waals surface area contributed by atoms with Gasteiger partial charge in [-0.1, -0.05) is 17.4 Å². The van der Waals surface area contributed by atoms with Crippen molar-refractivity contribution in [1.29, 1.82) is 0 Å². The van der Waals surface area contributed by atoms with Crippen molar-refractivity contribution in [2.75, 3.05) is 29.9 Å². The third-order valence-corrected chi connectivity index (χ3v) is 7.28. The first kappa shape index (κ1) is 21.8. The summed E-state index contributed by atoms with van der Waals surface area (Å²) in [6, 6.07) is 9.61. The van der Waals surface area contributed by atoms with Crippen molar-refractivity contribution in [1.82, 2.24) is 19.9 Å². The van der Waals surface area contributed by atoms with E-state index in [1.807, 2.05) is 48.4 Å². The number of aliphatic hydroxyl groups excluding tert-OH is 1. The second-order valence-electron chi connectivity index (χ2n) is 8.67. The minimum absolute atomic E-state index is 0.158. The van der Waals surface area contributed by atoms with Gasteiger partial charge in [-0.2, -0.15) is 0 Å². The van der Waals surface area contributed by atoms with Crippen molar-refractivity contribution in [3.05, 3.63) is 48.3 Å². The maximum atomic E-state index is 13.2. The number of amides is 1. The molecule has 2 saturated heterocycles. The largest absolute Gasteiger partial charge is 0.393 e. The smallest absolute Gasteiger partial charge is 0.245 e. The molecule has 2 N–H and O–H groups in total. The average Bonchev–Trinajstić information content (AvgIpc) is 3.49. The normalized spacial score (nSPS) is 19.2. The van der Waals surface area contributed by atoms with E-state index < -0.39 is 0 Å². The number of aryl methyl sites for hydroxylation is 1. The topological polar surface area (TPSA) is 94.5 Å². The van der Waals surface area contributed by atoms with Crippen LogP contribution in [0.25, 0.3) is 10.6 Å². The van der Waals surface area contributed by atoms with Crippen LogP contribution in [0.3, 0.4) is 0 Å². The second-order valence-corrected chi connectivity index (χ2v) is 9.68. The lowest BCUT2D eigenvalue weighted by Gasteiger charge is -2.34. The van der Waals surface area contributed by atoms with Crippen molar-refractivity contribution in [2.24, 2.45) is 0 Å². The van der Waals surface area contributed by atoms with E-state index in [1.165, 1.54) is 0 Å². The van der Waals surface area contributed by atoms with Crippen LogP contribution in [0.1, 0.15) is 31.2 Å². The zero-order chi connectivity index (χ0) is 22.8. The highest BCUT2D eigenvalue weighted by atomic mass is 32.1. The summed E-state index contributed by atoms with van der Waals surface area (Å²) in [5.74, 6) is 1.64. The van der Waals surface area contributed by atoms with Gasteiger partial charge in [0.05, 0.1) is 16.7 Å². The number of rotatable bonds is 5. The molecule has 5 rings (SSSR count). The zero-order valence-electron chi connectivity index (χ0n) is 18.6. The van der Waals surface area contributed by atoms with Crippen molar-refractivity contribution in [3.8, 4) is 10.6 Å². The fraction of sp³-hybridized carbons (Fsp3) is 0.417. The molecule has 0 unspecified atom stereocenters. The molecule has 1 atom stereocenters. The fourth-order valence-electron chi connectivity index (χ4n) is 4.44. The Morgan fingerprint density at radius 2 is 1.97 bits per heavy atom. The van der Waals surface area contributed by atoms with Gasteiger partial charge < -0.3 is 20.2 Å². The summed E-state index contributed by atoms with van der Waals surface area (Å²) in [7, 11) is 0. The summed E-state index contributed by atoms with van der Waals surface area (Å²) < 4.78 is 0. The van der Waals surface area contributed by atoms with E-state index in [0.717, 1.165) is 52.3 Å². The molecule has 0 aliphatic carbocycles. The van der Waals surface area contributed by atoms with Crippen molar-refractivity contribution < 1.29 is 9.90 Å². The molecule has 5 heterocycles. The third-order valence-electron chi connectivity index (χ3n) is 6.23. The molecule has 0 spiro atoms. The Bertz CT molecular complexity index is 1130. The number of piperidine rings is 1. The van der Waals surface area contributed by atoms with Gasteiger partial charge in [-0.15, -0.1) is 0 Å². The van der Waals surface area contributed by atoms with Crippen LogP contribution in [0, 0.1) is 6.92 Å². The molecule has 1 amide bonds. The maximum Gasteiger partial charge on any atom is 0.245 e. The number of thiazole rings is 1. The zero-order valence-corrected chi connectivity index (χ0v) is 19.5. The number of nitrogens with zero attached hydrogens (tertiary/aromatic N) is 5. The molecule has 3 aromatic rings. The highest BCUT2D eigenvalue weighted by molar-refractivity contribution is 7.18. The fourth-order valence-corrected chi connectivity index (χ4v) is 5.40. The first-order valence-electron chi connectivity index (χ1n) is 11.4. The number of aliphatic hydroxyl groups is 1. The molecule has 0 aromatic carbocycles. The predicted molar refractivity (Wildman–Crippen MR) is 130 cm³/mol. The van der Waals surface area contributed by atoms with E-state index in [2.05, 4.69) is 20.2 Å². The molecule has 2 aliphatic heterocycles. The number of hydrogen-bond donors (Lipinski definition) is 2. The monoisotopic (exact) mass is 464 g/mol. The molecule has 33 heavy (non-hydrogen) atoms. The third kappa shape index (κ3) is 4.84. The summed E-state index contributed by atoms with van der Waals surface area (Å²) in [4.78, 5) is 31.9. The van der Waals surface area contributed by atoms with Crippen LogP contribution < -0.4 is 10.2 Å². The Morgan fingerprint density at radius 1 is 1.12 bits per heavy atom. The maximum absolute atomic E-state index is 13.2. The summed E-state index contributed by atoms with van der Waals surface area (Å²) in [5.41, 5.74) is 1.97. The van der Waals surface area contributed by atoms with E-state index in [4.69, 9.17) is 4.98 Å². The Kier molecular flexibility index (Phi) is 6.24. The van der Waals surface area contributed by atoms with Crippen LogP contribution in [0.15, 0.2) is 42.7 Å². The number of nitrogens with one attached hydrogen (secondary N) is 1. The number of aromatic nitrogens is 3. The Balaban J connectivity index is 1.31. The van der Waals surface area contributed by atoms with E-state index >= 15 is 0 Å². The van der Waals surface area contributed by atoms with Crippen LogP contribution in [0.5, 0.6) is 0 Å². The molecule has 9 heteroatoms. The molecule has 2 aliphatic rings. The molecular weight excluding hydrogens is 436 g/mol. The highest BCUT2D eigenvalue weighted by Gasteiger charge is 2.36. The average molecular weight is 465 g/mol. The van der Waals surface area contributed by atoms with Gasteiger partial charge in [-0.3, -0.25) is 4.79 Å². The van der Waals surface area contributed by atoms with Gasteiger partial charge in [0.15, 0.2) is 5.13 Å². The van der Waals surface area contributed by atoms with Crippen LogP contribution in [0.4, 0.5) is 16.8 Å². The second kappa shape index (κ2) is 9.44. The van der Waals surface area contributed by atoms with Gasteiger partial charge in [-0.05, 0) is 62.4 Å². The lowest BCUT2D eigenvalue weighted by molar-refractivity contribution is -0.134. The standard InChI is InChI=1S/C24H28N6O2S/c1-16-7-10-25-22(14-16)28-21-6-2-4-18(27-21)20-15-26-24(33-20)30-11-3-5-19(30)23(32)29-12-8-17(31)9-13-29/h2,4,6-7,10,14-15,17,19,31H,3,5,8-9,11-13H2,1H3,(H,25,27,28)/t19-/m0/s1. The highest BCUT2D eigenvalue weighted by Crippen LogP contribution is 2.35. The SMILES string of the molecule is Cc1ccnc(Nc2cccc(-c3cnc(N4CCC[C@H]4C(=O)N4CCC(O)CC4)s3)n2)c1. The molecular formula is C24H28N6O2S. The van der Waals surface area contributed by atoms with E-state index in [-0.39, 0.29) is 18.1 Å². The van der Waals surface area contributed by atoms with Crippen LogP contribution in [-0.4, -0.2) is 62.6 Å². The van der Waals surface area contributed by atoms with Crippen molar-refractivity contribution >= 4 is 34.0 Å². The minimum Gasteiger partial charge on any atom is -0.393 e. The van der Waals surface area contributed by atoms with Gasteiger partial charge >= 0.3 is 0 Å². The summed E-state index contributed by atoms with van der Waals surface area (Å²) in [5, 5.41) is 13.9. The van der Waals surface area contributed by atoms with E-state index in [9.17, 15) is 9.90 Å². The van der Waals surface area contributed by atoms with Crippen LogP contribution in [-0.2, 0) is 4.79 Å². The quantitative estimate of drug-likeness (QED) is 0.596. The Labute approximate surface area is 197 Å². The summed E-state index contributed by atoms with van der Waals surface area (Å²) >= 11 is 1.57. The minimum atomic E-state index is -0.283. The molecule has 0 radical (unpaired) electrons. The van der Waals surface area contributed by atoms with Gasteiger partial charge in [0.2, 0.25) is 5.91 Å². The number of hydrogen-bond acceptors (Lipinski definition) is 8. The lowest BCUT2D eigenvalue weighted by Crippen LogP contribution is -2.49. The molecule has 0 saturated carbocycles.